The number of β-amino-alcohol motifs (C(OH)–C–C–N with tert-alkyl or cyclic N) is 1. The molecular formula is C18H30N6O2. The summed E-state index contributed by atoms with van der Waals surface area (Å²) in [5.74, 6) is 0.635. The molecule has 0 bridgehead atoms. The minimum atomic E-state index is -0.364. The fourth-order valence-electron chi connectivity index (χ4n) is 2.85. The number of aliphatic hydroxyl groups excluding tert-OH is 1. The predicted molar refractivity (Wildman–Crippen MR) is 103 cm³/mol. The van der Waals surface area contributed by atoms with Crippen LogP contribution in [0.1, 0.15) is 5.56 Å². The first kappa shape index (κ1) is 20.3. The van der Waals surface area contributed by atoms with Gasteiger partial charge in [-0.3, -0.25) is 9.69 Å². The molecule has 1 aliphatic heterocycles. The topological polar surface area (TPSA) is 76.0 Å². The van der Waals surface area contributed by atoms with Crippen LogP contribution in [0.2, 0.25) is 0 Å². The molecule has 8 heteroatoms. The summed E-state index contributed by atoms with van der Waals surface area (Å²) < 4.78 is 0. The molecule has 0 aromatic carbocycles. The predicted octanol–water partition coefficient (Wildman–Crippen LogP) is -0.377. The Labute approximate surface area is 155 Å². The smallest absolute Gasteiger partial charge is 0.246 e. The van der Waals surface area contributed by atoms with Crippen LogP contribution >= 0.6 is 0 Å². The number of piperazine rings is 1. The third-order valence-corrected chi connectivity index (χ3v) is 4.21. The highest BCUT2D eigenvalue weighted by Crippen LogP contribution is 2.07. The van der Waals surface area contributed by atoms with Crippen LogP contribution in [0, 0.1) is 0 Å². The van der Waals surface area contributed by atoms with Crippen LogP contribution in [-0.2, 0) is 4.79 Å². The maximum absolute atomic E-state index is 12.3. The summed E-state index contributed by atoms with van der Waals surface area (Å²) >= 11 is 0. The second kappa shape index (κ2) is 9.61. The van der Waals surface area contributed by atoms with Gasteiger partial charge >= 0.3 is 0 Å². The molecule has 26 heavy (non-hydrogen) atoms. The molecule has 1 aliphatic rings. The molecule has 1 unspecified atom stereocenters. The van der Waals surface area contributed by atoms with Crippen LogP contribution in [0.5, 0.6) is 0 Å². The van der Waals surface area contributed by atoms with E-state index in [1.165, 1.54) is 0 Å². The Kier molecular flexibility index (Phi) is 7.50. The second-order valence-electron chi connectivity index (χ2n) is 7.09. The first-order valence-corrected chi connectivity index (χ1v) is 8.86. The normalized spacial score (nSPS) is 17.1. The summed E-state index contributed by atoms with van der Waals surface area (Å²) in [5, 5.41) is 10.0. The van der Waals surface area contributed by atoms with Gasteiger partial charge in [-0.05, 0) is 20.2 Å². The largest absolute Gasteiger partial charge is 0.390 e. The summed E-state index contributed by atoms with van der Waals surface area (Å²) in [4.78, 5) is 28.6. The van der Waals surface area contributed by atoms with Crippen molar-refractivity contribution in [1.82, 2.24) is 24.7 Å². The fraction of sp³-hybridized carbons (Fsp3) is 0.611. The highest BCUT2D eigenvalue weighted by Gasteiger charge is 2.21. The number of nitrogens with zero attached hydrogens (tertiary/aromatic N) is 6. The number of hydrogen-bond acceptors (Lipinski definition) is 7. The van der Waals surface area contributed by atoms with Gasteiger partial charge in [0.05, 0.1) is 6.10 Å². The summed E-state index contributed by atoms with van der Waals surface area (Å²) in [6, 6.07) is 0. The highest BCUT2D eigenvalue weighted by molar-refractivity contribution is 5.91. The molecule has 8 nitrogen and oxygen atoms in total. The minimum Gasteiger partial charge on any atom is -0.390 e. The van der Waals surface area contributed by atoms with E-state index in [0.29, 0.717) is 32.1 Å². The number of amides is 1. The monoisotopic (exact) mass is 362 g/mol. The minimum absolute atomic E-state index is 0.00447. The second-order valence-corrected chi connectivity index (χ2v) is 7.09. The van der Waals surface area contributed by atoms with Crippen molar-refractivity contribution in [3.63, 3.8) is 0 Å². The lowest BCUT2D eigenvalue weighted by Crippen LogP contribution is -2.50. The van der Waals surface area contributed by atoms with Crippen LogP contribution in [0.3, 0.4) is 0 Å². The van der Waals surface area contributed by atoms with E-state index >= 15 is 0 Å². The molecule has 0 spiro atoms. The molecule has 1 fully saturated rings. The van der Waals surface area contributed by atoms with E-state index in [9.17, 15) is 9.90 Å². The zero-order valence-electron chi connectivity index (χ0n) is 16.2. The molecule has 2 rings (SSSR count). The lowest BCUT2D eigenvalue weighted by Gasteiger charge is -2.35. The average molecular weight is 362 g/mol. The maximum Gasteiger partial charge on any atom is 0.246 e. The molecule has 0 aliphatic carbocycles. The van der Waals surface area contributed by atoms with Gasteiger partial charge in [-0.2, -0.15) is 0 Å². The highest BCUT2D eigenvalue weighted by atomic mass is 16.3. The lowest BCUT2D eigenvalue weighted by atomic mass is 10.2. The summed E-state index contributed by atoms with van der Waals surface area (Å²) in [6.07, 6.45) is 6.36. The van der Waals surface area contributed by atoms with Crippen LogP contribution in [0.25, 0.3) is 6.08 Å². The maximum atomic E-state index is 12.3. The van der Waals surface area contributed by atoms with E-state index in [0.717, 1.165) is 18.7 Å². The molecule has 1 aromatic heterocycles. The van der Waals surface area contributed by atoms with E-state index in [1.54, 1.807) is 24.5 Å². The summed E-state index contributed by atoms with van der Waals surface area (Å²) in [7, 11) is 7.66. The quantitative estimate of drug-likeness (QED) is 0.663. The first-order chi connectivity index (χ1) is 12.3. The van der Waals surface area contributed by atoms with Crippen molar-refractivity contribution >= 4 is 17.9 Å². The number of anilines is 1. The van der Waals surface area contributed by atoms with E-state index in [1.807, 2.05) is 42.9 Å². The van der Waals surface area contributed by atoms with Gasteiger partial charge in [0.15, 0.2) is 0 Å². The number of rotatable bonds is 7. The Balaban J connectivity index is 1.79. The van der Waals surface area contributed by atoms with E-state index in [-0.39, 0.29) is 12.0 Å². The Hall–Kier alpha value is -2.03. The zero-order valence-corrected chi connectivity index (χ0v) is 16.2. The molecule has 0 saturated carbocycles. The van der Waals surface area contributed by atoms with Crippen molar-refractivity contribution in [2.45, 2.75) is 6.10 Å². The van der Waals surface area contributed by atoms with Crippen molar-refractivity contribution in [2.75, 3.05) is 72.4 Å². The number of carbonyl (C=O) groups is 1. The number of aliphatic hydroxyl groups is 1. The Morgan fingerprint density at radius 1 is 1.19 bits per heavy atom. The first-order valence-electron chi connectivity index (χ1n) is 8.86. The molecule has 2 heterocycles. The van der Waals surface area contributed by atoms with Crippen LogP contribution in [0.4, 0.5) is 5.95 Å². The Morgan fingerprint density at radius 3 is 2.35 bits per heavy atom. The fourth-order valence-corrected chi connectivity index (χ4v) is 2.85. The van der Waals surface area contributed by atoms with Crippen LogP contribution in [0.15, 0.2) is 18.5 Å². The van der Waals surface area contributed by atoms with Crippen LogP contribution < -0.4 is 4.90 Å². The van der Waals surface area contributed by atoms with Crippen molar-refractivity contribution in [3.8, 4) is 0 Å². The number of hydrogen-bond donors (Lipinski definition) is 1. The van der Waals surface area contributed by atoms with Gasteiger partial charge in [-0.1, -0.05) is 0 Å². The number of aromatic nitrogens is 2. The van der Waals surface area contributed by atoms with Gasteiger partial charge in [0.1, 0.15) is 0 Å². The van der Waals surface area contributed by atoms with Gasteiger partial charge in [0.2, 0.25) is 11.9 Å². The van der Waals surface area contributed by atoms with Gasteiger partial charge in [-0.15, -0.1) is 0 Å². The van der Waals surface area contributed by atoms with Crippen molar-refractivity contribution in [3.05, 3.63) is 24.0 Å². The Morgan fingerprint density at radius 2 is 1.81 bits per heavy atom. The van der Waals surface area contributed by atoms with Gasteiger partial charge in [0, 0.05) is 77.4 Å². The SMILES string of the molecule is CN(C)CC(O)CN1CCN(C(=O)/C=C/c2cnc(N(C)C)nc2)CC1. The third-order valence-electron chi connectivity index (χ3n) is 4.21. The standard InChI is InChI=1S/C18H30N6O2/c1-21(2)13-16(25)14-23-7-9-24(10-8-23)17(26)6-5-15-11-19-18(20-12-15)22(3)4/h5-6,11-12,16,25H,7-10,13-14H2,1-4H3/b6-5+. The number of likely N-dealkylation sites (N-methyl/N-ethyl adjacent to an activating group) is 1. The average Bonchev–Trinajstić information content (AvgIpc) is 2.60. The van der Waals surface area contributed by atoms with E-state index in [4.69, 9.17) is 0 Å². The van der Waals surface area contributed by atoms with E-state index < -0.39 is 0 Å². The van der Waals surface area contributed by atoms with Crippen molar-refractivity contribution in [1.29, 1.82) is 0 Å². The molecule has 1 atom stereocenters. The third kappa shape index (κ3) is 6.36. The molecular weight excluding hydrogens is 332 g/mol. The summed E-state index contributed by atoms with van der Waals surface area (Å²) in [5.41, 5.74) is 0.800. The molecule has 0 radical (unpaired) electrons. The van der Waals surface area contributed by atoms with Crippen molar-refractivity contribution < 1.29 is 9.90 Å². The summed E-state index contributed by atoms with van der Waals surface area (Å²) in [6.45, 7) is 4.21. The molecule has 1 saturated heterocycles. The van der Waals surface area contributed by atoms with Gasteiger partial charge < -0.3 is 19.8 Å². The molecule has 1 amide bonds. The lowest BCUT2D eigenvalue weighted by molar-refractivity contribution is -0.127. The van der Waals surface area contributed by atoms with Crippen molar-refractivity contribution in [2.24, 2.45) is 0 Å². The van der Waals surface area contributed by atoms with Crippen LogP contribution in [-0.4, -0.2) is 109 Å². The molecule has 144 valence electrons. The number of carbonyl (C=O) groups excluding carboxylic acids is 1. The van der Waals surface area contributed by atoms with E-state index in [2.05, 4.69) is 14.9 Å². The van der Waals surface area contributed by atoms with Gasteiger partial charge in [-0.25, -0.2) is 9.97 Å². The Bertz CT molecular complexity index is 594. The zero-order chi connectivity index (χ0) is 19.1. The van der Waals surface area contributed by atoms with Gasteiger partial charge in [0.25, 0.3) is 0 Å². The molecule has 1 aromatic rings. The molecule has 1 N–H and O–H groups in total.